The molecule has 0 unspecified atom stereocenters. The molecule has 0 aliphatic carbocycles. The van der Waals surface area contributed by atoms with Gasteiger partial charge in [0, 0.05) is 19.3 Å². The number of benzene rings is 1. The van der Waals surface area contributed by atoms with Crippen LogP contribution in [-0.2, 0) is 6.42 Å². The highest BCUT2D eigenvalue weighted by atomic mass is 35.5. The summed E-state index contributed by atoms with van der Waals surface area (Å²) in [6, 6.07) is 6.68. The first-order valence-corrected chi connectivity index (χ1v) is 5.78. The number of rotatable bonds is 2. The summed E-state index contributed by atoms with van der Waals surface area (Å²) in [6.45, 7) is 1.27. The average Bonchev–Trinajstić information content (AvgIpc) is 2.64. The molecular formula is C11H14Cl2N+. The van der Waals surface area contributed by atoms with E-state index in [2.05, 4.69) is 11.4 Å². The Morgan fingerprint density at radius 2 is 2.14 bits per heavy atom. The quantitative estimate of drug-likeness (QED) is 0.804. The lowest BCUT2D eigenvalue weighted by atomic mass is 10.1. The number of quaternary nitrogens is 1. The van der Waals surface area contributed by atoms with Gasteiger partial charge in [0.15, 0.2) is 0 Å². The third-order valence-corrected chi connectivity index (χ3v) is 3.50. The summed E-state index contributed by atoms with van der Waals surface area (Å²) in [4.78, 5) is 0. The smallest absolute Gasteiger partial charge is 0.0902 e. The van der Waals surface area contributed by atoms with Gasteiger partial charge < -0.3 is 5.32 Å². The minimum absolute atomic E-state index is 0.644. The summed E-state index contributed by atoms with van der Waals surface area (Å²) in [5.74, 6) is 0. The number of nitrogens with two attached hydrogens (primary N) is 1. The fourth-order valence-electron chi connectivity index (χ4n) is 2.01. The number of hydrogen-bond donors (Lipinski definition) is 1. The van der Waals surface area contributed by atoms with E-state index in [0.29, 0.717) is 10.0 Å². The van der Waals surface area contributed by atoms with Crippen LogP contribution >= 0.6 is 23.2 Å². The topological polar surface area (TPSA) is 16.6 Å². The average molecular weight is 231 g/mol. The molecule has 1 saturated heterocycles. The lowest BCUT2D eigenvalue weighted by Gasteiger charge is -2.07. The fraction of sp³-hybridized carbons (Fsp3) is 0.455. The second-order valence-corrected chi connectivity index (χ2v) is 4.69. The molecule has 1 aromatic carbocycles. The van der Waals surface area contributed by atoms with E-state index in [1.807, 2.05) is 12.1 Å². The molecule has 1 aliphatic rings. The molecule has 0 radical (unpaired) electrons. The Kier molecular flexibility index (Phi) is 3.32. The summed E-state index contributed by atoms with van der Waals surface area (Å²) in [6.07, 6.45) is 3.77. The van der Waals surface area contributed by atoms with Gasteiger partial charge in [0.1, 0.15) is 0 Å². The van der Waals surface area contributed by atoms with E-state index in [0.717, 1.165) is 12.5 Å². The van der Waals surface area contributed by atoms with Crippen molar-refractivity contribution in [2.45, 2.75) is 25.3 Å². The molecule has 0 spiro atoms. The van der Waals surface area contributed by atoms with E-state index >= 15 is 0 Å². The van der Waals surface area contributed by atoms with Crippen LogP contribution in [0.25, 0.3) is 0 Å². The minimum atomic E-state index is 0.644. The van der Waals surface area contributed by atoms with Crippen molar-refractivity contribution in [3.63, 3.8) is 0 Å². The molecule has 0 amide bonds. The van der Waals surface area contributed by atoms with Crippen LogP contribution in [0.3, 0.4) is 0 Å². The molecule has 0 saturated carbocycles. The molecule has 1 atom stereocenters. The maximum atomic E-state index is 5.96. The van der Waals surface area contributed by atoms with Crippen molar-refractivity contribution in [1.29, 1.82) is 0 Å². The molecule has 1 aliphatic heterocycles. The Bertz CT molecular complexity index is 319. The molecule has 1 fully saturated rings. The van der Waals surface area contributed by atoms with E-state index in [1.165, 1.54) is 24.9 Å². The van der Waals surface area contributed by atoms with Gasteiger partial charge in [-0.15, -0.1) is 0 Å². The molecule has 1 nitrogen and oxygen atoms in total. The molecule has 1 aromatic rings. The molecule has 2 N–H and O–H groups in total. The summed E-state index contributed by atoms with van der Waals surface area (Å²) in [7, 11) is 0. The van der Waals surface area contributed by atoms with Crippen LogP contribution in [0.15, 0.2) is 18.2 Å². The largest absolute Gasteiger partial charge is 0.344 e. The minimum Gasteiger partial charge on any atom is -0.344 e. The summed E-state index contributed by atoms with van der Waals surface area (Å²) >= 11 is 11.8. The van der Waals surface area contributed by atoms with E-state index in [9.17, 15) is 0 Å². The fourth-order valence-corrected chi connectivity index (χ4v) is 2.33. The lowest BCUT2D eigenvalue weighted by molar-refractivity contribution is -0.669. The number of hydrogen-bond acceptors (Lipinski definition) is 0. The Labute approximate surface area is 94.4 Å². The standard InChI is InChI=1S/C11H13Cl2N/c12-10-4-3-8(7-11(10)13)6-9-2-1-5-14-9/h3-4,7,9,14H,1-2,5-6H2/p+1/t9-/m0/s1. The first kappa shape index (κ1) is 10.3. The lowest BCUT2D eigenvalue weighted by Crippen LogP contribution is -2.87. The van der Waals surface area contributed by atoms with Gasteiger partial charge in [-0.2, -0.15) is 0 Å². The van der Waals surface area contributed by atoms with Crippen LogP contribution in [0.4, 0.5) is 0 Å². The molecule has 1 heterocycles. The summed E-state index contributed by atoms with van der Waals surface area (Å²) < 4.78 is 0. The van der Waals surface area contributed by atoms with E-state index in [-0.39, 0.29) is 0 Å². The Balaban J connectivity index is 2.05. The Morgan fingerprint density at radius 1 is 1.29 bits per heavy atom. The molecule has 2 rings (SSSR count). The van der Waals surface area contributed by atoms with Crippen molar-refractivity contribution in [3.05, 3.63) is 33.8 Å². The molecule has 0 aromatic heterocycles. The predicted molar refractivity (Wildman–Crippen MR) is 60.0 cm³/mol. The van der Waals surface area contributed by atoms with Crippen LogP contribution in [0.5, 0.6) is 0 Å². The van der Waals surface area contributed by atoms with Gasteiger partial charge in [-0.3, -0.25) is 0 Å². The van der Waals surface area contributed by atoms with Crippen LogP contribution in [0.2, 0.25) is 10.0 Å². The summed E-state index contributed by atoms with van der Waals surface area (Å²) in [5.41, 5.74) is 1.29. The third-order valence-electron chi connectivity index (χ3n) is 2.76. The highest BCUT2D eigenvalue weighted by Gasteiger charge is 2.18. The second-order valence-electron chi connectivity index (χ2n) is 3.88. The van der Waals surface area contributed by atoms with Gasteiger partial charge in [0.25, 0.3) is 0 Å². The first-order valence-electron chi connectivity index (χ1n) is 5.03. The van der Waals surface area contributed by atoms with Gasteiger partial charge in [-0.1, -0.05) is 29.3 Å². The van der Waals surface area contributed by atoms with E-state index in [4.69, 9.17) is 23.2 Å². The molecule has 0 bridgehead atoms. The molecule has 14 heavy (non-hydrogen) atoms. The van der Waals surface area contributed by atoms with Crippen molar-refractivity contribution in [3.8, 4) is 0 Å². The Hall–Kier alpha value is -0.240. The maximum Gasteiger partial charge on any atom is 0.0902 e. The van der Waals surface area contributed by atoms with Gasteiger partial charge in [-0.05, 0) is 17.7 Å². The number of halogens is 2. The zero-order valence-electron chi connectivity index (χ0n) is 7.97. The molecular weight excluding hydrogens is 217 g/mol. The highest BCUT2D eigenvalue weighted by Crippen LogP contribution is 2.23. The van der Waals surface area contributed by atoms with Gasteiger partial charge in [0.05, 0.1) is 22.6 Å². The highest BCUT2D eigenvalue weighted by molar-refractivity contribution is 6.42. The zero-order chi connectivity index (χ0) is 9.97. The SMILES string of the molecule is Clc1ccc(C[C@@H]2CCC[NH2+]2)cc1Cl. The first-order chi connectivity index (χ1) is 6.75. The van der Waals surface area contributed by atoms with E-state index < -0.39 is 0 Å². The van der Waals surface area contributed by atoms with Crippen LogP contribution in [0, 0.1) is 0 Å². The van der Waals surface area contributed by atoms with Gasteiger partial charge >= 0.3 is 0 Å². The predicted octanol–water partition coefficient (Wildman–Crippen LogP) is 2.26. The maximum absolute atomic E-state index is 5.96. The van der Waals surface area contributed by atoms with Crippen molar-refractivity contribution < 1.29 is 5.32 Å². The van der Waals surface area contributed by atoms with Crippen LogP contribution < -0.4 is 5.32 Å². The Morgan fingerprint density at radius 3 is 2.79 bits per heavy atom. The van der Waals surface area contributed by atoms with Crippen molar-refractivity contribution in [2.24, 2.45) is 0 Å². The van der Waals surface area contributed by atoms with Crippen molar-refractivity contribution >= 4 is 23.2 Å². The van der Waals surface area contributed by atoms with Crippen molar-refractivity contribution in [2.75, 3.05) is 6.54 Å². The van der Waals surface area contributed by atoms with Crippen LogP contribution in [-0.4, -0.2) is 12.6 Å². The third kappa shape index (κ3) is 2.41. The summed E-state index contributed by atoms with van der Waals surface area (Å²) in [5, 5.41) is 3.73. The zero-order valence-corrected chi connectivity index (χ0v) is 9.48. The van der Waals surface area contributed by atoms with Crippen molar-refractivity contribution in [1.82, 2.24) is 0 Å². The molecule has 3 heteroatoms. The normalized spacial score (nSPS) is 21.4. The molecule has 76 valence electrons. The second kappa shape index (κ2) is 4.52. The van der Waals surface area contributed by atoms with Crippen LogP contribution in [0.1, 0.15) is 18.4 Å². The van der Waals surface area contributed by atoms with Gasteiger partial charge in [0.2, 0.25) is 0 Å². The monoisotopic (exact) mass is 230 g/mol. The van der Waals surface area contributed by atoms with Gasteiger partial charge in [-0.25, -0.2) is 0 Å². The van der Waals surface area contributed by atoms with E-state index in [1.54, 1.807) is 0 Å².